The molecule has 2 aromatic rings. The van der Waals surface area contributed by atoms with Gasteiger partial charge in [-0.1, -0.05) is 24.3 Å². The van der Waals surface area contributed by atoms with E-state index in [1.807, 2.05) is 25.1 Å². The fourth-order valence-electron chi connectivity index (χ4n) is 3.18. The number of benzene rings is 2. The van der Waals surface area contributed by atoms with Crippen LogP contribution >= 0.6 is 0 Å². The Morgan fingerprint density at radius 1 is 1.14 bits per heavy atom. The Morgan fingerprint density at radius 3 is 2.21 bits per heavy atom. The number of hydrogen-bond acceptors (Lipinski definition) is 6. The van der Waals surface area contributed by atoms with Crippen molar-refractivity contribution in [2.75, 3.05) is 18.3 Å². The molecule has 28 heavy (non-hydrogen) atoms. The fraction of sp³-hybridized carbons (Fsp3) is 0.316. The monoisotopic (exact) mass is 406 g/mol. The predicted molar refractivity (Wildman–Crippen MR) is 105 cm³/mol. The molecule has 0 aliphatic rings. The second-order valence-corrected chi connectivity index (χ2v) is 8.37. The van der Waals surface area contributed by atoms with Crippen LogP contribution in [0, 0.1) is 30.9 Å². The first-order chi connectivity index (χ1) is 13.1. The number of carbonyl (C=O) groups is 1. The Bertz CT molecular complexity index is 994. The van der Waals surface area contributed by atoms with Crippen molar-refractivity contribution in [2.24, 2.45) is 0 Å². The number of amides is 1. The maximum Gasteiger partial charge on any atom is 0.305 e. The molecule has 0 radical (unpaired) electrons. The molecule has 1 atom stereocenters. The van der Waals surface area contributed by atoms with E-state index in [1.54, 1.807) is 6.07 Å². The van der Waals surface area contributed by atoms with Crippen molar-refractivity contribution in [1.29, 1.82) is 0 Å². The molecule has 0 aromatic heterocycles. The molecule has 1 amide bonds. The molecule has 8 nitrogen and oxygen atoms in total. The standard InChI is InChI=1S/C19H22N2O6S/c1-12-7-5-6-8-16(12)17(27-4)19(22)20-15-9-13(2)18(14(3)10-15)28(25,26)11-21(23)24/h5-10,17H,11H2,1-4H3,(H,20,22). The van der Waals surface area contributed by atoms with Crippen LogP contribution in [0.2, 0.25) is 0 Å². The summed E-state index contributed by atoms with van der Waals surface area (Å²) in [6, 6.07) is 10.3. The van der Waals surface area contributed by atoms with E-state index in [-0.39, 0.29) is 4.90 Å². The van der Waals surface area contributed by atoms with E-state index in [2.05, 4.69) is 5.32 Å². The molecule has 1 N–H and O–H groups in total. The highest BCUT2D eigenvalue weighted by atomic mass is 32.2. The van der Waals surface area contributed by atoms with Gasteiger partial charge in [0.25, 0.3) is 5.91 Å². The molecule has 0 saturated heterocycles. The Kier molecular flexibility index (Phi) is 6.52. The Labute approximate surface area is 163 Å². The summed E-state index contributed by atoms with van der Waals surface area (Å²) in [6.45, 7) is 4.94. The lowest BCUT2D eigenvalue weighted by Gasteiger charge is -2.18. The van der Waals surface area contributed by atoms with Gasteiger partial charge in [-0.25, -0.2) is 8.42 Å². The Hall–Kier alpha value is -2.78. The van der Waals surface area contributed by atoms with Gasteiger partial charge in [-0.15, -0.1) is 0 Å². The van der Waals surface area contributed by atoms with Crippen molar-refractivity contribution in [3.63, 3.8) is 0 Å². The molecule has 0 spiro atoms. The molecule has 0 aliphatic heterocycles. The molecule has 0 bridgehead atoms. The zero-order chi connectivity index (χ0) is 21.1. The number of ether oxygens (including phenoxy) is 1. The summed E-state index contributed by atoms with van der Waals surface area (Å²) in [5.41, 5.74) is 2.65. The highest BCUT2D eigenvalue weighted by Gasteiger charge is 2.27. The summed E-state index contributed by atoms with van der Waals surface area (Å²) in [7, 11) is -2.64. The minimum absolute atomic E-state index is 0.0932. The fourth-order valence-corrected chi connectivity index (χ4v) is 4.69. The number of hydrogen-bond donors (Lipinski definition) is 1. The highest BCUT2D eigenvalue weighted by molar-refractivity contribution is 7.91. The van der Waals surface area contributed by atoms with E-state index < -0.39 is 32.6 Å². The summed E-state index contributed by atoms with van der Waals surface area (Å²) in [5.74, 6) is -1.59. The lowest BCUT2D eigenvalue weighted by molar-refractivity contribution is -0.458. The quantitative estimate of drug-likeness (QED) is 0.558. The van der Waals surface area contributed by atoms with Crippen molar-refractivity contribution in [3.05, 3.63) is 68.8 Å². The smallest absolute Gasteiger partial charge is 0.305 e. The van der Waals surface area contributed by atoms with E-state index in [0.717, 1.165) is 11.1 Å². The van der Waals surface area contributed by atoms with Crippen LogP contribution in [0.1, 0.15) is 28.4 Å². The average molecular weight is 406 g/mol. The number of nitrogens with zero attached hydrogens (tertiary/aromatic N) is 1. The Balaban J connectivity index is 2.33. The molecule has 0 heterocycles. The first-order valence-electron chi connectivity index (χ1n) is 8.41. The van der Waals surface area contributed by atoms with E-state index in [0.29, 0.717) is 16.8 Å². The van der Waals surface area contributed by atoms with Crippen molar-refractivity contribution in [3.8, 4) is 0 Å². The van der Waals surface area contributed by atoms with Gasteiger partial charge in [0.1, 0.15) is 0 Å². The summed E-state index contributed by atoms with van der Waals surface area (Å²) >= 11 is 0. The van der Waals surface area contributed by atoms with Crippen molar-refractivity contribution < 1.29 is 22.9 Å². The van der Waals surface area contributed by atoms with Crippen LogP contribution in [-0.2, 0) is 19.4 Å². The maximum atomic E-state index is 12.7. The lowest BCUT2D eigenvalue weighted by Crippen LogP contribution is -2.23. The van der Waals surface area contributed by atoms with Crippen LogP contribution in [0.25, 0.3) is 0 Å². The van der Waals surface area contributed by atoms with Gasteiger partial charge in [-0.3, -0.25) is 14.9 Å². The molecule has 0 fully saturated rings. The van der Waals surface area contributed by atoms with Gasteiger partial charge in [-0.05, 0) is 55.2 Å². The van der Waals surface area contributed by atoms with E-state index in [4.69, 9.17) is 4.74 Å². The summed E-state index contributed by atoms with van der Waals surface area (Å²) < 4.78 is 29.8. The summed E-state index contributed by atoms with van der Waals surface area (Å²) in [5, 5.41) is 13.4. The van der Waals surface area contributed by atoms with Crippen LogP contribution in [0.4, 0.5) is 5.69 Å². The first-order valence-corrected chi connectivity index (χ1v) is 10.1. The minimum Gasteiger partial charge on any atom is -0.367 e. The number of aryl methyl sites for hydroxylation is 3. The number of methoxy groups -OCH3 is 1. The van der Waals surface area contributed by atoms with Crippen LogP contribution in [-0.4, -0.2) is 32.2 Å². The lowest BCUT2D eigenvalue weighted by atomic mass is 10.0. The van der Waals surface area contributed by atoms with Crippen LogP contribution < -0.4 is 5.32 Å². The van der Waals surface area contributed by atoms with Gasteiger partial charge in [-0.2, -0.15) is 0 Å². The van der Waals surface area contributed by atoms with Gasteiger partial charge in [0.2, 0.25) is 9.84 Å². The molecular weight excluding hydrogens is 384 g/mol. The number of nitrogens with one attached hydrogen (secondary N) is 1. The van der Waals surface area contributed by atoms with Crippen molar-refractivity contribution in [1.82, 2.24) is 0 Å². The Morgan fingerprint density at radius 2 is 1.71 bits per heavy atom. The number of anilines is 1. The molecule has 1 unspecified atom stereocenters. The summed E-state index contributed by atoms with van der Waals surface area (Å²) in [4.78, 5) is 22.4. The average Bonchev–Trinajstić information content (AvgIpc) is 2.55. The normalized spacial score (nSPS) is 12.4. The predicted octanol–water partition coefficient (Wildman–Crippen LogP) is 2.95. The van der Waals surface area contributed by atoms with Gasteiger partial charge >= 0.3 is 5.88 Å². The van der Waals surface area contributed by atoms with Gasteiger partial charge in [0.05, 0.1) is 4.90 Å². The minimum atomic E-state index is -4.07. The van der Waals surface area contributed by atoms with Gasteiger partial charge in [0.15, 0.2) is 6.10 Å². The number of rotatable bonds is 7. The third-order valence-corrected chi connectivity index (χ3v) is 6.08. The van der Waals surface area contributed by atoms with Crippen LogP contribution in [0.5, 0.6) is 0 Å². The second kappa shape index (κ2) is 8.49. The zero-order valence-corrected chi connectivity index (χ0v) is 16.9. The zero-order valence-electron chi connectivity index (χ0n) is 16.1. The third kappa shape index (κ3) is 4.73. The van der Waals surface area contributed by atoms with Gasteiger partial charge < -0.3 is 10.1 Å². The SMILES string of the molecule is COC(C(=O)Nc1cc(C)c(S(=O)(=O)C[N+](=O)[O-])c(C)c1)c1ccccc1C. The van der Waals surface area contributed by atoms with E-state index in [1.165, 1.54) is 33.1 Å². The molecule has 150 valence electrons. The van der Waals surface area contributed by atoms with E-state index in [9.17, 15) is 23.3 Å². The number of sulfone groups is 1. The second-order valence-electron chi connectivity index (χ2n) is 6.48. The van der Waals surface area contributed by atoms with Crippen molar-refractivity contribution in [2.45, 2.75) is 31.8 Å². The number of nitro groups is 1. The molecular formula is C19H22N2O6S. The summed E-state index contributed by atoms with van der Waals surface area (Å²) in [6.07, 6.45) is -0.834. The molecule has 2 rings (SSSR count). The largest absolute Gasteiger partial charge is 0.367 e. The van der Waals surface area contributed by atoms with Crippen LogP contribution in [0.15, 0.2) is 41.3 Å². The molecule has 0 aliphatic carbocycles. The highest BCUT2D eigenvalue weighted by Crippen LogP contribution is 2.27. The third-order valence-electron chi connectivity index (χ3n) is 4.26. The topological polar surface area (TPSA) is 116 Å². The maximum absolute atomic E-state index is 12.7. The van der Waals surface area contributed by atoms with E-state index >= 15 is 0 Å². The molecule has 0 saturated carbocycles. The van der Waals surface area contributed by atoms with Gasteiger partial charge in [0, 0.05) is 17.7 Å². The molecule has 9 heteroatoms. The van der Waals surface area contributed by atoms with Crippen LogP contribution in [0.3, 0.4) is 0 Å². The molecule has 2 aromatic carbocycles. The van der Waals surface area contributed by atoms with Crippen molar-refractivity contribution >= 4 is 21.4 Å². The first kappa shape index (κ1) is 21.5. The number of carbonyl (C=O) groups excluding carboxylic acids is 1.